The van der Waals surface area contributed by atoms with Crippen LogP contribution in [-0.2, 0) is 9.59 Å². The van der Waals surface area contributed by atoms with Gasteiger partial charge in [-0.2, -0.15) is 0 Å². The van der Waals surface area contributed by atoms with E-state index in [9.17, 15) is 29.8 Å². The van der Waals surface area contributed by atoms with Gasteiger partial charge in [-0.1, -0.05) is 20.8 Å². The highest BCUT2D eigenvalue weighted by Gasteiger charge is 2.26. The molecule has 13 heteroatoms. The van der Waals surface area contributed by atoms with Crippen molar-refractivity contribution >= 4 is 35.0 Å². The second-order valence-corrected chi connectivity index (χ2v) is 8.39. The van der Waals surface area contributed by atoms with Gasteiger partial charge in [0.15, 0.2) is 11.5 Å². The number of carbonyl (C=O) groups excluding carboxylic acids is 2. The van der Waals surface area contributed by atoms with E-state index in [-0.39, 0.29) is 22.9 Å². The highest BCUT2D eigenvalue weighted by molar-refractivity contribution is 6.10. The van der Waals surface area contributed by atoms with E-state index in [0.29, 0.717) is 11.3 Å². The van der Waals surface area contributed by atoms with Crippen LogP contribution in [0.25, 0.3) is 6.08 Å². The molecule has 192 valence electrons. The first-order valence-corrected chi connectivity index (χ1v) is 10.4. The summed E-state index contributed by atoms with van der Waals surface area (Å²) in [6.45, 7) is 4.91. The Bertz CT molecular complexity index is 1210. The van der Waals surface area contributed by atoms with Gasteiger partial charge in [-0.15, -0.1) is 0 Å². The highest BCUT2D eigenvalue weighted by atomic mass is 16.6. The predicted octanol–water partition coefficient (Wildman–Crippen LogP) is 3.67. The van der Waals surface area contributed by atoms with Crippen molar-refractivity contribution in [2.75, 3.05) is 26.6 Å². The number of non-ortho nitro benzene ring substituents is 1. The van der Waals surface area contributed by atoms with E-state index >= 15 is 0 Å². The van der Waals surface area contributed by atoms with Crippen molar-refractivity contribution < 1.29 is 33.6 Å². The molecule has 2 N–H and O–H groups in total. The minimum Gasteiger partial charge on any atom is -0.493 e. The molecule has 0 radical (unpaired) electrons. The molecule has 0 aliphatic carbocycles. The van der Waals surface area contributed by atoms with Gasteiger partial charge in [0, 0.05) is 11.5 Å². The summed E-state index contributed by atoms with van der Waals surface area (Å²) in [6, 6.07) is 5.85. The molecule has 2 amide bonds. The van der Waals surface area contributed by atoms with Crippen LogP contribution in [0.2, 0.25) is 0 Å². The molecule has 0 saturated carbocycles. The van der Waals surface area contributed by atoms with Crippen LogP contribution in [-0.4, -0.2) is 43.0 Å². The van der Waals surface area contributed by atoms with Crippen LogP contribution in [0.1, 0.15) is 26.3 Å². The van der Waals surface area contributed by atoms with Gasteiger partial charge in [-0.25, -0.2) is 0 Å². The molecule has 0 unspecified atom stereocenters. The minimum atomic E-state index is -0.904. The summed E-state index contributed by atoms with van der Waals surface area (Å²) in [5.41, 5.74) is -2.26. The SMILES string of the molecule is COc1cc(/C=C(/NC(=O)C(C)(C)C)C(=O)Nc2ccc([N+](=O)[O-])cc2[N+](=O)[O-])cc(OC)c1OC. The van der Waals surface area contributed by atoms with Crippen molar-refractivity contribution in [3.63, 3.8) is 0 Å². The number of methoxy groups -OCH3 is 3. The Morgan fingerprint density at radius 2 is 1.50 bits per heavy atom. The molecule has 0 heterocycles. The maximum absolute atomic E-state index is 13.2. The molecule has 0 fully saturated rings. The third kappa shape index (κ3) is 6.46. The molecule has 2 aromatic carbocycles. The lowest BCUT2D eigenvalue weighted by atomic mass is 9.95. The topological polar surface area (TPSA) is 172 Å². The molecule has 0 saturated heterocycles. The summed E-state index contributed by atoms with van der Waals surface area (Å²) in [4.78, 5) is 46.6. The first-order valence-electron chi connectivity index (χ1n) is 10.4. The van der Waals surface area contributed by atoms with Gasteiger partial charge in [0.1, 0.15) is 11.4 Å². The molecule has 0 atom stereocenters. The number of nitro benzene ring substituents is 2. The Labute approximate surface area is 206 Å². The van der Waals surface area contributed by atoms with Crippen LogP contribution in [0.5, 0.6) is 17.2 Å². The smallest absolute Gasteiger partial charge is 0.299 e. The molecule has 0 aromatic heterocycles. The van der Waals surface area contributed by atoms with Crippen LogP contribution in [0.4, 0.5) is 17.1 Å². The zero-order chi connectivity index (χ0) is 27.2. The molecule has 0 bridgehead atoms. The molecule has 2 rings (SSSR count). The van der Waals surface area contributed by atoms with E-state index in [1.807, 2.05) is 0 Å². The van der Waals surface area contributed by atoms with E-state index in [2.05, 4.69) is 10.6 Å². The van der Waals surface area contributed by atoms with Crippen LogP contribution in [0, 0.1) is 25.6 Å². The van der Waals surface area contributed by atoms with Crippen LogP contribution in [0.15, 0.2) is 36.0 Å². The fraction of sp³-hybridized carbons (Fsp3) is 0.304. The van der Waals surface area contributed by atoms with Gasteiger partial charge in [0.05, 0.1) is 37.2 Å². The van der Waals surface area contributed by atoms with E-state index < -0.39 is 38.5 Å². The Kier molecular flexibility index (Phi) is 8.55. The summed E-state index contributed by atoms with van der Waals surface area (Å²) in [6.07, 6.45) is 1.32. The number of ether oxygens (including phenoxy) is 3. The number of amides is 2. The fourth-order valence-corrected chi connectivity index (χ4v) is 2.90. The zero-order valence-electron chi connectivity index (χ0n) is 20.5. The van der Waals surface area contributed by atoms with Gasteiger partial charge >= 0.3 is 0 Å². The third-order valence-electron chi connectivity index (χ3n) is 4.81. The number of hydrogen-bond acceptors (Lipinski definition) is 9. The van der Waals surface area contributed by atoms with Crippen LogP contribution >= 0.6 is 0 Å². The van der Waals surface area contributed by atoms with Gasteiger partial charge < -0.3 is 24.8 Å². The minimum absolute atomic E-state index is 0.253. The van der Waals surface area contributed by atoms with Gasteiger partial charge in [-0.3, -0.25) is 29.8 Å². The largest absolute Gasteiger partial charge is 0.493 e. The number of nitrogens with one attached hydrogen (secondary N) is 2. The van der Waals surface area contributed by atoms with Gasteiger partial charge in [0.25, 0.3) is 17.3 Å². The lowest BCUT2D eigenvalue weighted by Gasteiger charge is -2.19. The quantitative estimate of drug-likeness (QED) is 0.295. The average Bonchev–Trinajstić information content (AvgIpc) is 2.81. The number of anilines is 1. The van der Waals surface area contributed by atoms with Crippen molar-refractivity contribution in [3.05, 3.63) is 61.8 Å². The second-order valence-electron chi connectivity index (χ2n) is 8.39. The summed E-state index contributed by atoms with van der Waals surface area (Å²) < 4.78 is 15.9. The summed E-state index contributed by atoms with van der Waals surface area (Å²) >= 11 is 0. The molecular formula is C23H26N4O9. The fourth-order valence-electron chi connectivity index (χ4n) is 2.90. The Hall–Kier alpha value is -4.68. The highest BCUT2D eigenvalue weighted by Crippen LogP contribution is 2.39. The van der Waals surface area contributed by atoms with Crippen molar-refractivity contribution in [3.8, 4) is 17.2 Å². The number of benzene rings is 2. The Morgan fingerprint density at radius 3 is 1.94 bits per heavy atom. The van der Waals surface area contributed by atoms with Crippen LogP contribution in [0.3, 0.4) is 0 Å². The molecule has 0 aliphatic heterocycles. The normalized spacial score (nSPS) is 11.3. The van der Waals surface area contributed by atoms with E-state index in [0.717, 1.165) is 18.2 Å². The van der Waals surface area contributed by atoms with Crippen molar-refractivity contribution in [1.29, 1.82) is 0 Å². The summed E-state index contributed by atoms with van der Waals surface area (Å²) in [5.74, 6) is -0.525. The van der Waals surface area contributed by atoms with Gasteiger partial charge in [0.2, 0.25) is 11.7 Å². The second kappa shape index (κ2) is 11.2. The summed E-state index contributed by atoms with van der Waals surface area (Å²) in [7, 11) is 4.25. The maximum atomic E-state index is 13.2. The number of hydrogen-bond donors (Lipinski definition) is 2. The number of nitro groups is 2. The van der Waals surface area contributed by atoms with E-state index in [1.165, 1.54) is 39.5 Å². The molecule has 13 nitrogen and oxygen atoms in total. The van der Waals surface area contributed by atoms with Crippen molar-refractivity contribution in [2.24, 2.45) is 5.41 Å². The van der Waals surface area contributed by atoms with E-state index in [1.54, 1.807) is 20.8 Å². The van der Waals surface area contributed by atoms with Crippen LogP contribution < -0.4 is 24.8 Å². The maximum Gasteiger partial charge on any atom is 0.299 e. The number of carbonyl (C=O) groups is 2. The lowest BCUT2D eigenvalue weighted by Crippen LogP contribution is -2.38. The number of rotatable bonds is 9. The third-order valence-corrected chi connectivity index (χ3v) is 4.81. The lowest BCUT2D eigenvalue weighted by molar-refractivity contribution is -0.393. The molecule has 36 heavy (non-hydrogen) atoms. The Balaban J connectivity index is 2.59. The molecule has 0 spiro atoms. The van der Waals surface area contributed by atoms with Crippen molar-refractivity contribution in [2.45, 2.75) is 20.8 Å². The van der Waals surface area contributed by atoms with E-state index in [4.69, 9.17) is 14.2 Å². The molecule has 0 aliphatic rings. The van der Waals surface area contributed by atoms with Crippen molar-refractivity contribution in [1.82, 2.24) is 5.32 Å². The first-order chi connectivity index (χ1) is 16.8. The summed E-state index contributed by atoms with van der Waals surface area (Å²) in [5, 5.41) is 27.3. The Morgan fingerprint density at radius 1 is 0.917 bits per heavy atom. The standard InChI is InChI=1S/C23H26N4O9/c1-23(2,3)22(29)25-16(9-13-10-18(34-4)20(36-6)19(11-13)35-5)21(28)24-15-8-7-14(26(30)31)12-17(15)27(32)33/h7-12H,1-6H3,(H,24,28)(H,25,29)/b16-9+. The molecule has 2 aromatic rings. The number of nitrogens with zero attached hydrogens (tertiary/aromatic N) is 2. The monoisotopic (exact) mass is 502 g/mol. The first kappa shape index (κ1) is 27.6. The zero-order valence-corrected chi connectivity index (χ0v) is 20.5. The van der Waals surface area contributed by atoms with Gasteiger partial charge in [-0.05, 0) is 29.8 Å². The molecular weight excluding hydrogens is 476 g/mol. The predicted molar refractivity (Wildman–Crippen MR) is 130 cm³/mol. The average molecular weight is 502 g/mol.